The minimum absolute atomic E-state index is 0.925. The molecule has 0 aliphatic carbocycles. The minimum Gasteiger partial charge on any atom is -0.312 e. The van der Waals surface area contributed by atoms with Crippen molar-refractivity contribution in [3.8, 4) is 11.1 Å². The summed E-state index contributed by atoms with van der Waals surface area (Å²) >= 11 is 0. The zero-order valence-electron chi connectivity index (χ0n) is 10.1. The average molecular weight is 227 g/mol. The first-order valence-electron chi connectivity index (χ1n) is 6.22. The second-order valence-electron chi connectivity index (χ2n) is 4.49. The highest BCUT2D eigenvalue weighted by molar-refractivity contribution is 5.63. The van der Waals surface area contributed by atoms with Crippen LogP contribution in [0, 0.1) is 0 Å². The summed E-state index contributed by atoms with van der Waals surface area (Å²) in [6, 6.07) is 6.75. The maximum Gasteiger partial charge on any atom is 0.0568 e. The summed E-state index contributed by atoms with van der Waals surface area (Å²) in [5, 5.41) is 7.72. The highest BCUT2D eigenvalue weighted by atomic mass is 15.3. The van der Waals surface area contributed by atoms with E-state index in [4.69, 9.17) is 0 Å². The number of fused-ring (bicyclic) bond motifs is 1. The Balaban J connectivity index is 1.97. The third kappa shape index (κ3) is 1.98. The summed E-state index contributed by atoms with van der Waals surface area (Å²) < 4.78 is 1.97. The fourth-order valence-electron chi connectivity index (χ4n) is 2.34. The predicted octanol–water partition coefficient (Wildman–Crippen LogP) is 2.22. The molecule has 3 nitrogen and oxygen atoms in total. The SMILES string of the molecule is CCn1cc(-c2ccc3c(c2)CCNC3)cn1. The molecule has 0 unspecified atom stereocenters. The third-order valence-corrected chi connectivity index (χ3v) is 3.38. The van der Waals surface area contributed by atoms with E-state index in [0.717, 1.165) is 26.1 Å². The van der Waals surface area contributed by atoms with Crippen LogP contribution < -0.4 is 5.32 Å². The van der Waals surface area contributed by atoms with Gasteiger partial charge >= 0.3 is 0 Å². The van der Waals surface area contributed by atoms with E-state index in [9.17, 15) is 0 Å². The summed E-state index contributed by atoms with van der Waals surface area (Å²) in [5.41, 5.74) is 5.41. The van der Waals surface area contributed by atoms with Crippen molar-refractivity contribution in [1.29, 1.82) is 0 Å². The van der Waals surface area contributed by atoms with Crippen molar-refractivity contribution in [1.82, 2.24) is 15.1 Å². The molecule has 2 heterocycles. The van der Waals surface area contributed by atoms with Crippen LogP contribution in [0.4, 0.5) is 0 Å². The van der Waals surface area contributed by atoms with Crippen molar-refractivity contribution in [3.05, 3.63) is 41.7 Å². The van der Waals surface area contributed by atoms with Crippen molar-refractivity contribution >= 4 is 0 Å². The molecular weight excluding hydrogens is 210 g/mol. The third-order valence-electron chi connectivity index (χ3n) is 3.38. The summed E-state index contributed by atoms with van der Waals surface area (Å²) in [5.74, 6) is 0. The molecule has 0 bridgehead atoms. The zero-order chi connectivity index (χ0) is 11.7. The molecule has 0 amide bonds. The molecule has 1 aromatic carbocycles. The van der Waals surface area contributed by atoms with E-state index in [-0.39, 0.29) is 0 Å². The van der Waals surface area contributed by atoms with E-state index in [1.165, 1.54) is 22.3 Å². The molecule has 2 aromatic rings. The van der Waals surface area contributed by atoms with Gasteiger partial charge in [0.15, 0.2) is 0 Å². The van der Waals surface area contributed by atoms with Crippen LogP contribution in [0.1, 0.15) is 18.1 Å². The number of aromatic nitrogens is 2. The first-order valence-corrected chi connectivity index (χ1v) is 6.22. The Morgan fingerprint density at radius 2 is 2.24 bits per heavy atom. The molecule has 1 aliphatic heterocycles. The molecule has 1 aliphatic rings. The second-order valence-corrected chi connectivity index (χ2v) is 4.49. The number of nitrogens with one attached hydrogen (secondary N) is 1. The Kier molecular flexibility index (Phi) is 2.69. The van der Waals surface area contributed by atoms with Gasteiger partial charge in [-0.1, -0.05) is 18.2 Å². The van der Waals surface area contributed by atoms with Gasteiger partial charge in [-0.2, -0.15) is 5.10 Å². The standard InChI is InChI=1S/C14H17N3/c1-2-17-10-14(9-16-17)11-3-4-13-8-15-6-5-12(13)7-11/h3-4,7,9-10,15H,2,5-6,8H2,1H3. The van der Waals surface area contributed by atoms with Crippen molar-refractivity contribution in [2.24, 2.45) is 0 Å². The summed E-state index contributed by atoms with van der Waals surface area (Å²) in [6.45, 7) is 5.12. The van der Waals surface area contributed by atoms with Crippen LogP contribution in [-0.4, -0.2) is 16.3 Å². The van der Waals surface area contributed by atoms with Crippen LogP contribution in [0.5, 0.6) is 0 Å². The fourth-order valence-corrected chi connectivity index (χ4v) is 2.34. The first-order chi connectivity index (χ1) is 8.36. The van der Waals surface area contributed by atoms with Crippen LogP contribution in [0.2, 0.25) is 0 Å². The fraction of sp³-hybridized carbons (Fsp3) is 0.357. The van der Waals surface area contributed by atoms with Crippen molar-refractivity contribution in [2.75, 3.05) is 6.54 Å². The molecule has 0 radical (unpaired) electrons. The van der Waals surface area contributed by atoms with Gasteiger partial charge in [-0.25, -0.2) is 0 Å². The number of benzene rings is 1. The van der Waals surface area contributed by atoms with Gasteiger partial charge in [-0.05, 0) is 36.6 Å². The number of hydrogen-bond donors (Lipinski definition) is 1. The van der Waals surface area contributed by atoms with E-state index in [0.29, 0.717) is 0 Å². The van der Waals surface area contributed by atoms with Gasteiger partial charge in [0.25, 0.3) is 0 Å². The predicted molar refractivity (Wildman–Crippen MR) is 68.7 cm³/mol. The van der Waals surface area contributed by atoms with Gasteiger partial charge in [0.2, 0.25) is 0 Å². The lowest BCUT2D eigenvalue weighted by molar-refractivity contribution is 0.644. The highest BCUT2D eigenvalue weighted by Gasteiger charge is 2.10. The Labute approximate surface area is 101 Å². The van der Waals surface area contributed by atoms with Crippen LogP contribution in [0.3, 0.4) is 0 Å². The van der Waals surface area contributed by atoms with E-state index in [1.54, 1.807) is 0 Å². The van der Waals surface area contributed by atoms with Gasteiger partial charge < -0.3 is 5.32 Å². The van der Waals surface area contributed by atoms with Crippen LogP contribution in [0.25, 0.3) is 11.1 Å². The Hall–Kier alpha value is -1.61. The molecular formula is C14H17N3. The van der Waals surface area contributed by atoms with Gasteiger partial charge in [0.05, 0.1) is 6.20 Å². The monoisotopic (exact) mass is 227 g/mol. The van der Waals surface area contributed by atoms with E-state index in [2.05, 4.69) is 41.7 Å². The molecule has 0 fully saturated rings. The van der Waals surface area contributed by atoms with E-state index >= 15 is 0 Å². The van der Waals surface area contributed by atoms with Crippen molar-refractivity contribution in [2.45, 2.75) is 26.4 Å². The molecule has 3 heteroatoms. The average Bonchev–Trinajstić information content (AvgIpc) is 2.87. The molecule has 1 N–H and O–H groups in total. The van der Waals surface area contributed by atoms with Crippen molar-refractivity contribution < 1.29 is 0 Å². The Morgan fingerprint density at radius 1 is 1.29 bits per heavy atom. The number of hydrogen-bond acceptors (Lipinski definition) is 2. The van der Waals surface area contributed by atoms with Gasteiger partial charge in [-0.3, -0.25) is 4.68 Å². The molecule has 1 aromatic heterocycles. The summed E-state index contributed by atoms with van der Waals surface area (Å²) in [4.78, 5) is 0. The molecule has 17 heavy (non-hydrogen) atoms. The second kappa shape index (κ2) is 4.34. The highest BCUT2D eigenvalue weighted by Crippen LogP contribution is 2.23. The lowest BCUT2D eigenvalue weighted by Crippen LogP contribution is -2.23. The Bertz CT molecular complexity index is 528. The zero-order valence-corrected chi connectivity index (χ0v) is 10.1. The molecule has 3 rings (SSSR count). The normalized spacial score (nSPS) is 14.6. The molecule has 0 saturated heterocycles. The quantitative estimate of drug-likeness (QED) is 0.852. The van der Waals surface area contributed by atoms with Gasteiger partial charge in [0, 0.05) is 24.8 Å². The van der Waals surface area contributed by atoms with Gasteiger partial charge in [-0.15, -0.1) is 0 Å². The van der Waals surface area contributed by atoms with E-state index < -0.39 is 0 Å². The lowest BCUT2D eigenvalue weighted by Gasteiger charge is -2.17. The van der Waals surface area contributed by atoms with Crippen LogP contribution in [0.15, 0.2) is 30.6 Å². The number of aryl methyl sites for hydroxylation is 1. The summed E-state index contributed by atoms with van der Waals surface area (Å²) in [6.07, 6.45) is 5.19. The molecule has 0 spiro atoms. The minimum atomic E-state index is 0.925. The van der Waals surface area contributed by atoms with E-state index in [1.807, 2.05) is 10.9 Å². The molecule has 88 valence electrons. The Morgan fingerprint density at radius 3 is 3.06 bits per heavy atom. The van der Waals surface area contributed by atoms with Crippen molar-refractivity contribution in [3.63, 3.8) is 0 Å². The summed E-state index contributed by atoms with van der Waals surface area (Å²) in [7, 11) is 0. The lowest BCUT2D eigenvalue weighted by atomic mass is 9.96. The molecule has 0 atom stereocenters. The van der Waals surface area contributed by atoms with Gasteiger partial charge in [0.1, 0.15) is 0 Å². The first kappa shape index (κ1) is 10.5. The topological polar surface area (TPSA) is 29.9 Å². The maximum absolute atomic E-state index is 4.33. The smallest absolute Gasteiger partial charge is 0.0568 e. The van der Waals surface area contributed by atoms with Crippen LogP contribution >= 0.6 is 0 Å². The number of rotatable bonds is 2. The molecule has 0 saturated carbocycles. The van der Waals surface area contributed by atoms with Crippen LogP contribution in [-0.2, 0) is 19.5 Å². The maximum atomic E-state index is 4.33. The largest absolute Gasteiger partial charge is 0.312 e. The number of nitrogens with zero attached hydrogens (tertiary/aromatic N) is 2.